The Morgan fingerprint density at radius 2 is 1.78 bits per heavy atom. The maximum absolute atomic E-state index is 13.5. The molecule has 1 aliphatic carbocycles. The molecule has 0 aliphatic heterocycles. The van der Waals surface area contributed by atoms with Crippen molar-refractivity contribution in [3.05, 3.63) is 47.3 Å². The maximum atomic E-state index is 13.5. The van der Waals surface area contributed by atoms with E-state index in [0.717, 1.165) is 0 Å². The number of halogens is 1. The molecule has 2 aromatic heterocycles. The van der Waals surface area contributed by atoms with Crippen LogP contribution in [0.1, 0.15) is 43.4 Å². The van der Waals surface area contributed by atoms with Gasteiger partial charge in [0, 0.05) is 25.4 Å². The van der Waals surface area contributed by atoms with Crippen LogP contribution in [0, 0.1) is 17.2 Å². The van der Waals surface area contributed by atoms with E-state index >= 15 is 0 Å². The number of methoxy groups -OCH3 is 3. The molecule has 0 bridgehead atoms. The standard InChI is InChI=1S/C23H26ClN7O5S/c1-13(20(36-4)21-26-11-15(24)12-27-21)37(32,33)30-23-29-28-22(16-9-8-14(16)10-25)31(23)19-17(34-2)6-5-7-18(19)35-3/h5-7,11-14,16,20H,8-9H2,1-4H3,(H,29,30)/t13-,14+,16+,20-/m0/s1. The van der Waals surface area contributed by atoms with E-state index in [-0.39, 0.29) is 23.6 Å². The first-order valence-electron chi connectivity index (χ1n) is 11.3. The number of hydrogen-bond acceptors (Lipinski definition) is 10. The number of para-hydroxylation sites is 1. The third kappa shape index (κ3) is 5.04. The fourth-order valence-corrected chi connectivity index (χ4v) is 5.43. The summed E-state index contributed by atoms with van der Waals surface area (Å²) in [5.41, 5.74) is 0.408. The highest BCUT2D eigenvalue weighted by molar-refractivity contribution is 7.93. The fraction of sp³-hybridized carbons (Fsp3) is 0.435. The largest absolute Gasteiger partial charge is 0.494 e. The summed E-state index contributed by atoms with van der Waals surface area (Å²) in [7, 11) is 0.220. The number of anilines is 1. The smallest absolute Gasteiger partial charge is 0.243 e. The van der Waals surface area contributed by atoms with Crippen LogP contribution in [0.4, 0.5) is 5.95 Å². The van der Waals surface area contributed by atoms with Crippen LogP contribution in [-0.2, 0) is 14.8 Å². The highest BCUT2D eigenvalue weighted by Gasteiger charge is 2.39. The zero-order valence-electron chi connectivity index (χ0n) is 20.6. The number of hydrogen-bond donors (Lipinski definition) is 1. The van der Waals surface area contributed by atoms with Crippen LogP contribution in [0.25, 0.3) is 5.69 Å². The van der Waals surface area contributed by atoms with Crippen molar-refractivity contribution < 1.29 is 22.6 Å². The first kappa shape index (κ1) is 26.6. The second-order valence-electron chi connectivity index (χ2n) is 8.42. The number of aromatic nitrogens is 5. The van der Waals surface area contributed by atoms with Crippen LogP contribution in [0.15, 0.2) is 30.6 Å². The van der Waals surface area contributed by atoms with E-state index in [1.165, 1.54) is 45.2 Å². The quantitative estimate of drug-likeness (QED) is 0.400. The molecule has 4 atom stereocenters. The molecule has 1 saturated carbocycles. The summed E-state index contributed by atoms with van der Waals surface area (Å²) in [6.45, 7) is 1.47. The third-order valence-corrected chi connectivity index (χ3v) is 8.27. The van der Waals surface area contributed by atoms with Crippen LogP contribution in [0.3, 0.4) is 0 Å². The lowest BCUT2D eigenvalue weighted by atomic mass is 9.74. The number of sulfonamides is 1. The van der Waals surface area contributed by atoms with Crippen LogP contribution in [0.2, 0.25) is 5.02 Å². The first-order chi connectivity index (χ1) is 17.7. The van der Waals surface area contributed by atoms with Gasteiger partial charge in [-0.1, -0.05) is 17.7 Å². The zero-order valence-corrected chi connectivity index (χ0v) is 22.2. The summed E-state index contributed by atoms with van der Waals surface area (Å²) in [4.78, 5) is 8.22. The number of rotatable bonds is 10. The van der Waals surface area contributed by atoms with Crippen LogP contribution >= 0.6 is 11.6 Å². The van der Waals surface area contributed by atoms with E-state index in [1.807, 2.05) is 0 Å². The molecule has 3 aromatic rings. The summed E-state index contributed by atoms with van der Waals surface area (Å²) in [6, 6.07) is 7.45. The summed E-state index contributed by atoms with van der Waals surface area (Å²) >= 11 is 5.87. The molecule has 0 amide bonds. The lowest BCUT2D eigenvalue weighted by molar-refractivity contribution is 0.0950. The van der Waals surface area contributed by atoms with Gasteiger partial charge in [-0.15, -0.1) is 10.2 Å². The van der Waals surface area contributed by atoms with E-state index in [4.69, 9.17) is 25.8 Å². The van der Waals surface area contributed by atoms with E-state index in [9.17, 15) is 13.7 Å². The Kier molecular flexibility index (Phi) is 7.82. The molecule has 1 aliphatic rings. The van der Waals surface area contributed by atoms with Gasteiger partial charge >= 0.3 is 0 Å². The van der Waals surface area contributed by atoms with Gasteiger partial charge in [0.05, 0.1) is 31.2 Å². The molecule has 1 N–H and O–H groups in total. The Morgan fingerprint density at radius 3 is 2.30 bits per heavy atom. The molecule has 1 aromatic carbocycles. The molecule has 12 nitrogen and oxygen atoms in total. The minimum Gasteiger partial charge on any atom is -0.494 e. The predicted octanol–water partition coefficient (Wildman–Crippen LogP) is 3.26. The normalized spacial score (nSPS) is 18.8. The van der Waals surface area contributed by atoms with Crippen LogP contribution in [-0.4, -0.2) is 59.7 Å². The monoisotopic (exact) mass is 547 g/mol. The van der Waals surface area contributed by atoms with E-state index in [1.54, 1.807) is 18.2 Å². The first-order valence-corrected chi connectivity index (χ1v) is 13.3. The van der Waals surface area contributed by atoms with Gasteiger partial charge in [0.2, 0.25) is 16.0 Å². The van der Waals surface area contributed by atoms with Crippen molar-refractivity contribution in [1.82, 2.24) is 24.7 Å². The second kappa shape index (κ2) is 10.9. The van der Waals surface area contributed by atoms with E-state index in [2.05, 4.69) is 31.0 Å². The molecule has 196 valence electrons. The number of nitrogens with one attached hydrogen (secondary N) is 1. The topological polar surface area (TPSA) is 154 Å². The molecule has 14 heteroatoms. The average Bonchev–Trinajstić information content (AvgIpc) is 3.25. The Labute approximate surface area is 219 Å². The number of nitrogens with zero attached hydrogens (tertiary/aromatic N) is 6. The van der Waals surface area contributed by atoms with Crippen molar-refractivity contribution in [3.63, 3.8) is 0 Å². The predicted molar refractivity (Wildman–Crippen MR) is 134 cm³/mol. The van der Waals surface area contributed by atoms with Crippen molar-refractivity contribution in [2.45, 2.75) is 37.0 Å². The van der Waals surface area contributed by atoms with E-state index < -0.39 is 21.4 Å². The highest BCUT2D eigenvalue weighted by atomic mass is 35.5. The maximum Gasteiger partial charge on any atom is 0.243 e. The summed E-state index contributed by atoms with van der Waals surface area (Å²) in [5, 5.41) is 17.2. The van der Waals surface area contributed by atoms with Crippen molar-refractivity contribution in [1.29, 1.82) is 5.26 Å². The molecule has 37 heavy (non-hydrogen) atoms. The van der Waals surface area contributed by atoms with Gasteiger partial charge in [0.25, 0.3) is 0 Å². The molecule has 0 spiro atoms. The van der Waals surface area contributed by atoms with Crippen molar-refractivity contribution in [2.75, 3.05) is 26.1 Å². The summed E-state index contributed by atoms with van der Waals surface area (Å²) in [6.07, 6.45) is 3.15. The van der Waals surface area contributed by atoms with Gasteiger partial charge in [-0.25, -0.2) is 18.4 Å². The molecule has 0 unspecified atom stereocenters. The van der Waals surface area contributed by atoms with Gasteiger partial charge in [0.1, 0.15) is 34.4 Å². The minimum absolute atomic E-state index is 0.0832. The SMILES string of the molecule is COc1cccc(OC)c1-n1c(NS(=O)(=O)[C@@H](C)[C@H](OC)c2ncc(Cl)cn2)nnc1[C@@H]1CC[C@@H]1C#N. The third-order valence-electron chi connectivity index (χ3n) is 6.38. The lowest BCUT2D eigenvalue weighted by Crippen LogP contribution is -2.33. The summed E-state index contributed by atoms with van der Waals surface area (Å²) in [5.74, 6) is 0.807. The second-order valence-corrected chi connectivity index (χ2v) is 10.9. The van der Waals surface area contributed by atoms with Gasteiger partial charge in [-0.05, 0) is 31.9 Å². The molecule has 1 fully saturated rings. The lowest BCUT2D eigenvalue weighted by Gasteiger charge is -2.31. The summed E-state index contributed by atoms with van der Waals surface area (Å²) < 4.78 is 47.7. The average molecular weight is 548 g/mol. The minimum atomic E-state index is -4.13. The van der Waals surface area contributed by atoms with Gasteiger partial charge in [-0.3, -0.25) is 9.29 Å². The van der Waals surface area contributed by atoms with Crippen LogP contribution in [0.5, 0.6) is 11.5 Å². The molecule has 0 radical (unpaired) electrons. The number of benzene rings is 1. The zero-order chi connectivity index (χ0) is 26.7. The Morgan fingerprint density at radius 1 is 1.14 bits per heavy atom. The Balaban J connectivity index is 1.79. The number of ether oxygens (including phenoxy) is 3. The molecular weight excluding hydrogens is 522 g/mol. The Hall–Kier alpha value is -3.47. The van der Waals surface area contributed by atoms with E-state index in [0.29, 0.717) is 40.9 Å². The highest BCUT2D eigenvalue weighted by Crippen LogP contribution is 2.45. The van der Waals surface area contributed by atoms with Gasteiger partial charge < -0.3 is 14.2 Å². The van der Waals surface area contributed by atoms with Crippen molar-refractivity contribution in [3.8, 4) is 23.3 Å². The van der Waals surface area contributed by atoms with Gasteiger partial charge in [0.15, 0.2) is 5.82 Å². The molecule has 2 heterocycles. The van der Waals surface area contributed by atoms with Crippen molar-refractivity contribution >= 4 is 27.6 Å². The Bertz CT molecular complexity index is 1390. The fourth-order valence-electron chi connectivity index (χ4n) is 4.20. The molecular formula is C23H26ClN7O5S. The van der Waals surface area contributed by atoms with Crippen LogP contribution < -0.4 is 14.2 Å². The van der Waals surface area contributed by atoms with Crippen molar-refractivity contribution in [2.24, 2.45) is 5.92 Å². The van der Waals surface area contributed by atoms with Gasteiger partial charge in [-0.2, -0.15) is 5.26 Å². The number of nitriles is 1. The molecule has 4 rings (SSSR count). The molecule has 0 saturated heterocycles.